The summed E-state index contributed by atoms with van der Waals surface area (Å²) in [7, 11) is -10.0. The van der Waals surface area contributed by atoms with Crippen LogP contribution in [0.4, 0.5) is 0 Å². The van der Waals surface area contributed by atoms with Crippen LogP contribution in [0.15, 0.2) is 122 Å². The summed E-state index contributed by atoms with van der Waals surface area (Å²) >= 11 is 0. The van der Waals surface area contributed by atoms with Crippen molar-refractivity contribution in [3.05, 3.63) is 122 Å². The first-order valence-electron chi connectivity index (χ1n) is 41.8. The maximum absolute atomic E-state index is 13.1. The maximum atomic E-state index is 13.1. The van der Waals surface area contributed by atoms with Crippen LogP contribution < -0.4 is 0 Å². The molecule has 0 fully saturated rings. The molecule has 106 heavy (non-hydrogen) atoms. The number of phosphoric ester groups is 2. The molecule has 0 aromatic heterocycles. The van der Waals surface area contributed by atoms with E-state index >= 15 is 0 Å². The number of hydrogen-bond acceptors (Lipinski definition) is 15. The van der Waals surface area contributed by atoms with Gasteiger partial charge in [0.15, 0.2) is 12.2 Å². The monoisotopic (exact) mass is 1530 g/mol. The fourth-order valence-electron chi connectivity index (χ4n) is 11.0. The predicted molar refractivity (Wildman–Crippen MR) is 436 cm³/mol. The van der Waals surface area contributed by atoms with E-state index in [2.05, 4.69) is 125 Å². The van der Waals surface area contributed by atoms with Gasteiger partial charge in [0.1, 0.15) is 19.3 Å². The Morgan fingerprint density at radius 1 is 0.264 bits per heavy atom. The average molecular weight is 1530 g/mol. The molecule has 0 amide bonds. The van der Waals surface area contributed by atoms with Gasteiger partial charge in [0.05, 0.1) is 26.4 Å². The minimum Gasteiger partial charge on any atom is -0.462 e. The van der Waals surface area contributed by atoms with Crippen molar-refractivity contribution < 1.29 is 80.2 Å². The van der Waals surface area contributed by atoms with Crippen LogP contribution in [0.25, 0.3) is 0 Å². The highest BCUT2D eigenvalue weighted by Crippen LogP contribution is 2.45. The Balaban J connectivity index is 5.47. The Bertz CT molecular complexity index is 2480. The van der Waals surface area contributed by atoms with Crippen LogP contribution in [0.5, 0.6) is 0 Å². The summed E-state index contributed by atoms with van der Waals surface area (Å²) in [6, 6.07) is 0. The van der Waals surface area contributed by atoms with Crippen LogP contribution in [0, 0.1) is 0 Å². The lowest BCUT2D eigenvalue weighted by molar-refractivity contribution is -0.161. The summed E-state index contributed by atoms with van der Waals surface area (Å²) in [6.07, 6.45) is 87.5. The summed E-state index contributed by atoms with van der Waals surface area (Å²) in [5.41, 5.74) is 0. The quantitative estimate of drug-likeness (QED) is 0.0169. The van der Waals surface area contributed by atoms with Gasteiger partial charge < -0.3 is 33.8 Å². The molecule has 0 aliphatic heterocycles. The van der Waals surface area contributed by atoms with Crippen LogP contribution in [0.2, 0.25) is 0 Å². The topological polar surface area (TPSA) is 237 Å². The lowest BCUT2D eigenvalue weighted by Gasteiger charge is -2.21. The number of unbranched alkanes of at least 4 members (excludes halogenated alkanes) is 32. The molecule has 610 valence electrons. The van der Waals surface area contributed by atoms with Crippen molar-refractivity contribution in [2.75, 3.05) is 39.6 Å². The number of ether oxygens (including phenoxy) is 4. The second-order valence-electron chi connectivity index (χ2n) is 27.7. The van der Waals surface area contributed by atoms with Crippen LogP contribution >= 0.6 is 15.6 Å². The second-order valence-corrected chi connectivity index (χ2v) is 30.6. The normalized spacial score (nSPS) is 14.4. The van der Waals surface area contributed by atoms with E-state index in [1.165, 1.54) is 141 Å². The zero-order valence-corrected chi connectivity index (χ0v) is 68.6. The van der Waals surface area contributed by atoms with Crippen LogP contribution in [0.3, 0.4) is 0 Å². The van der Waals surface area contributed by atoms with E-state index in [0.717, 1.165) is 116 Å². The van der Waals surface area contributed by atoms with E-state index in [1.54, 1.807) is 0 Å². The first-order chi connectivity index (χ1) is 51.7. The Kier molecular flexibility index (Phi) is 75.2. The molecule has 0 aliphatic rings. The van der Waals surface area contributed by atoms with Gasteiger partial charge in [0.25, 0.3) is 0 Å². The van der Waals surface area contributed by atoms with Gasteiger partial charge in [-0.05, 0) is 135 Å². The SMILES string of the molecule is CCCCC/C=C\C/C=C\C/C=C\C/C=C\CCCC(=O)O[C@H](COC(=O)CCCCCCC/C=C\C/C=C\CCCCC)COP(=O)(O)OC[C@@H](O)COP(=O)(O)OC[C@@H](COC(=O)CCCCCCCCCCCCCCCCCCC)OC(=O)CCC/C=C\C/C=C\C/C=C\C/C=C\CCCCC. The number of esters is 4. The molecule has 0 saturated heterocycles. The standard InChI is InChI=1S/C87H150O17P2/c1-5-9-13-17-21-25-29-33-37-40-44-48-52-56-60-64-68-72-85(90)98-78-83(104-87(92)74-70-66-62-58-54-50-46-42-39-35-31-27-23-19-15-11-7-3)80-102-106(95,96)100-76-81(88)75-99-105(93,94)101-79-82(77-97-84(89)71-67-63-59-55-51-47-43-36-32-28-24-20-16-12-8-4)103-86(91)73-69-65-61-57-53-49-45-41-38-34-30-26-22-18-14-10-6-2/h22-24,26-28,34-36,38-39,43,45-46,49-50,57-58,61-62,81-83,88H,5-21,25,29-33,37,40-42,44,47-48,51-56,59-60,63-80H2,1-4H3,(H,93,94)(H,95,96)/b26-22-,27-23-,28-24-,38-34-,39-35-,43-36-,49-45-,50-46-,61-57-,62-58-/t81-,82-,83-/m1/s1. The molecule has 3 N–H and O–H groups in total. The highest BCUT2D eigenvalue weighted by atomic mass is 31.2. The zero-order valence-electron chi connectivity index (χ0n) is 66.8. The lowest BCUT2D eigenvalue weighted by Crippen LogP contribution is -2.30. The molecule has 0 aromatic carbocycles. The van der Waals surface area contributed by atoms with E-state index in [-0.39, 0.29) is 25.7 Å². The van der Waals surface area contributed by atoms with Crippen molar-refractivity contribution in [1.82, 2.24) is 0 Å². The summed E-state index contributed by atoms with van der Waals surface area (Å²) in [4.78, 5) is 73.1. The van der Waals surface area contributed by atoms with Crippen LogP contribution in [0.1, 0.15) is 349 Å². The smallest absolute Gasteiger partial charge is 0.462 e. The highest BCUT2D eigenvalue weighted by Gasteiger charge is 2.30. The van der Waals surface area contributed by atoms with E-state index in [4.69, 9.17) is 37.0 Å². The van der Waals surface area contributed by atoms with Gasteiger partial charge in [-0.25, -0.2) is 9.13 Å². The lowest BCUT2D eigenvalue weighted by atomic mass is 10.0. The summed E-state index contributed by atoms with van der Waals surface area (Å²) in [6.45, 7) is 4.70. The molecule has 0 aliphatic carbocycles. The minimum absolute atomic E-state index is 0.0130. The molecule has 0 bridgehead atoms. The first-order valence-corrected chi connectivity index (χ1v) is 44.8. The first kappa shape index (κ1) is 101. The number of aliphatic hydroxyl groups is 1. The van der Waals surface area contributed by atoms with Gasteiger partial charge in [-0.15, -0.1) is 0 Å². The number of carbonyl (C=O) groups excluding carboxylic acids is 4. The van der Waals surface area contributed by atoms with Gasteiger partial charge in [-0.1, -0.05) is 310 Å². The van der Waals surface area contributed by atoms with E-state index in [1.807, 2.05) is 24.3 Å². The molecule has 0 spiro atoms. The van der Waals surface area contributed by atoms with Gasteiger partial charge in [0.2, 0.25) is 0 Å². The molecule has 2 unspecified atom stereocenters. The Labute approximate surface area is 644 Å². The molecule has 17 nitrogen and oxygen atoms in total. The third kappa shape index (κ3) is 77.6. The zero-order chi connectivity index (χ0) is 77.4. The number of aliphatic hydroxyl groups excluding tert-OH is 1. The van der Waals surface area contributed by atoms with Crippen molar-refractivity contribution >= 4 is 39.5 Å². The molecular formula is C87H150O17P2. The summed E-state index contributed by atoms with van der Waals surface area (Å²) in [5.74, 6) is -2.31. The Hall–Kier alpha value is -4.54. The summed E-state index contributed by atoms with van der Waals surface area (Å²) in [5, 5.41) is 10.7. The van der Waals surface area contributed by atoms with Gasteiger partial charge >= 0.3 is 39.5 Å². The molecule has 19 heteroatoms. The van der Waals surface area contributed by atoms with E-state index in [0.29, 0.717) is 38.5 Å². The summed E-state index contributed by atoms with van der Waals surface area (Å²) < 4.78 is 68.6. The molecule has 0 saturated carbocycles. The fraction of sp³-hybridized carbons (Fsp3) is 0.724. The van der Waals surface area contributed by atoms with Crippen LogP contribution in [-0.2, 0) is 65.4 Å². The van der Waals surface area contributed by atoms with Crippen molar-refractivity contribution in [3.63, 3.8) is 0 Å². The van der Waals surface area contributed by atoms with Crippen molar-refractivity contribution in [2.24, 2.45) is 0 Å². The maximum Gasteiger partial charge on any atom is 0.472 e. The number of rotatable bonds is 78. The van der Waals surface area contributed by atoms with Gasteiger partial charge in [0, 0.05) is 25.7 Å². The van der Waals surface area contributed by atoms with E-state index in [9.17, 15) is 43.2 Å². The van der Waals surface area contributed by atoms with Crippen molar-refractivity contribution in [2.45, 2.75) is 367 Å². The van der Waals surface area contributed by atoms with Crippen molar-refractivity contribution in [3.8, 4) is 0 Å². The average Bonchev–Trinajstić information content (AvgIpc) is 0.902. The highest BCUT2D eigenvalue weighted by molar-refractivity contribution is 7.47. The Morgan fingerprint density at radius 2 is 0.472 bits per heavy atom. The third-order valence-electron chi connectivity index (χ3n) is 17.4. The molecule has 0 aromatic rings. The molecule has 0 radical (unpaired) electrons. The van der Waals surface area contributed by atoms with Gasteiger partial charge in [-0.2, -0.15) is 0 Å². The third-order valence-corrected chi connectivity index (χ3v) is 19.3. The second kappa shape index (κ2) is 78.6. The largest absolute Gasteiger partial charge is 0.472 e. The number of carbonyl (C=O) groups is 4. The number of allylic oxidation sites excluding steroid dienone is 20. The molecule has 0 heterocycles. The van der Waals surface area contributed by atoms with Gasteiger partial charge in [-0.3, -0.25) is 37.3 Å². The molecular weight excluding hydrogens is 1380 g/mol. The predicted octanol–water partition coefficient (Wildman–Crippen LogP) is 24.7. The minimum atomic E-state index is -5.00. The van der Waals surface area contributed by atoms with Crippen molar-refractivity contribution in [1.29, 1.82) is 0 Å². The fourth-order valence-corrected chi connectivity index (χ4v) is 12.6. The number of hydrogen-bond donors (Lipinski definition) is 3. The van der Waals surface area contributed by atoms with E-state index < -0.39 is 97.5 Å². The van der Waals surface area contributed by atoms with Crippen LogP contribution in [-0.4, -0.2) is 96.7 Å². The number of phosphoric acid groups is 2. The molecule has 0 rings (SSSR count). The molecule has 5 atom stereocenters. The Morgan fingerprint density at radius 3 is 0.755 bits per heavy atom.